The zero-order valence-corrected chi connectivity index (χ0v) is 9.79. The molecule has 4 heteroatoms. The third kappa shape index (κ3) is 7.26. The molecule has 0 aromatic rings. The summed E-state index contributed by atoms with van der Waals surface area (Å²) in [6.07, 6.45) is 0.262. The summed E-state index contributed by atoms with van der Waals surface area (Å²) in [4.78, 5) is 2.02. The van der Waals surface area contributed by atoms with Crippen molar-refractivity contribution in [2.24, 2.45) is 5.73 Å². The van der Waals surface area contributed by atoms with E-state index in [0.717, 1.165) is 6.54 Å². The largest absolute Gasteiger partial charge is 0.388 e. The van der Waals surface area contributed by atoms with Gasteiger partial charge in [0, 0.05) is 19.6 Å². The lowest BCUT2D eigenvalue weighted by atomic mass is 10.1. The predicted octanol–water partition coefficient (Wildman–Crippen LogP) is 0.0529. The summed E-state index contributed by atoms with van der Waals surface area (Å²) in [5, 5.41) is 9.69. The van der Waals surface area contributed by atoms with E-state index in [1.807, 2.05) is 25.8 Å². The van der Waals surface area contributed by atoms with Crippen LogP contribution in [0.15, 0.2) is 0 Å². The van der Waals surface area contributed by atoms with Gasteiger partial charge in [0.1, 0.15) is 0 Å². The number of hydrogen-bond donors (Lipinski definition) is 2. The number of likely N-dealkylation sites (N-methyl/N-ethyl adjacent to an activating group) is 1. The van der Waals surface area contributed by atoms with Crippen LogP contribution in [-0.2, 0) is 4.74 Å². The molecule has 0 heterocycles. The van der Waals surface area contributed by atoms with Crippen molar-refractivity contribution >= 4 is 0 Å². The molecule has 0 rings (SSSR count). The van der Waals surface area contributed by atoms with Crippen LogP contribution in [0, 0.1) is 0 Å². The Morgan fingerprint density at radius 1 is 1.50 bits per heavy atom. The van der Waals surface area contributed by atoms with E-state index in [0.29, 0.717) is 13.2 Å². The third-order valence-corrected chi connectivity index (χ3v) is 1.97. The van der Waals surface area contributed by atoms with Gasteiger partial charge >= 0.3 is 0 Å². The van der Waals surface area contributed by atoms with Crippen molar-refractivity contribution < 1.29 is 9.84 Å². The van der Waals surface area contributed by atoms with Crippen LogP contribution >= 0.6 is 0 Å². The second kappa shape index (κ2) is 6.35. The molecule has 0 amide bonds. The Kier molecular flexibility index (Phi) is 6.27. The minimum absolute atomic E-state index is 0.262. The zero-order chi connectivity index (χ0) is 11.2. The molecule has 4 nitrogen and oxygen atoms in total. The average Bonchev–Trinajstić information content (AvgIpc) is 2.02. The van der Waals surface area contributed by atoms with Crippen molar-refractivity contribution in [3.05, 3.63) is 0 Å². The Balaban J connectivity index is 3.60. The Morgan fingerprint density at radius 2 is 2.07 bits per heavy atom. The maximum Gasteiger partial charge on any atom is 0.0867 e. The number of hydrogen-bond acceptors (Lipinski definition) is 4. The lowest BCUT2D eigenvalue weighted by Crippen LogP contribution is -2.45. The van der Waals surface area contributed by atoms with Gasteiger partial charge in [-0.05, 0) is 27.8 Å². The Hall–Kier alpha value is -0.160. The van der Waals surface area contributed by atoms with Gasteiger partial charge in [-0.3, -0.25) is 0 Å². The van der Waals surface area contributed by atoms with Crippen LogP contribution in [0.2, 0.25) is 0 Å². The minimum Gasteiger partial charge on any atom is -0.388 e. The van der Waals surface area contributed by atoms with E-state index in [1.54, 1.807) is 6.92 Å². The highest BCUT2D eigenvalue weighted by Gasteiger charge is 2.19. The van der Waals surface area contributed by atoms with E-state index in [4.69, 9.17) is 10.5 Å². The molecule has 0 aromatic carbocycles. The third-order valence-electron chi connectivity index (χ3n) is 1.97. The summed E-state index contributed by atoms with van der Waals surface area (Å²) in [5.41, 5.74) is 4.62. The van der Waals surface area contributed by atoms with Crippen molar-refractivity contribution in [1.29, 1.82) is 0 Å². The Bertz CT molecular complexity index is 149. The Morgan fingerprint density at radius 3 is 2.50 bits per heavy atom. The SMILES string of the molecule is CC(C)OCCN(C)CC(C)(O)CN. The van der Waals surface area contributed by atoms with Crippen LogP contribution < -0.4 is 5.73 Å². The highest BCUT2D eigenvalue weighted by molar-refractivity contribution is 4.76. The average molecular weight is 204 g/mol. The molecule has 0 saturated heterocycles. The van der Waals surface area contributed by atoms with Crippen LogP contribution in [0.5, 0.6) is 0 Å². The van der Waals surface area contributed by atoms with Crippen molar-refractivity contribution in [2.75, 3.05) is 33.3 Å². The summed E-state index contributed by atoms with van der Waals surface area (Å²) in [6, 6.07) is 0. The Labute approximate surface area is 87.0 Å². The van der Waals surface area contributed by atoms with E-state index in [1.165, 1.54) is 0 Å². The first-order chi connectivity index (χ1) is 6.37. The van der Waals surface area contributed by atoms with Gasteiger partial charge in [0.15, 0.2) is 0 Å². The maximum atomic E-state index is 9.69. The summed E-state index contributed by atoms with van der Waals surface area (Å²) < 4.78 is 5.41. The van der Waals surface area contributed by atoms with Gasteiger partial charge in [0.05, 0.1) is 18.3 Å². The molecular weight excluding hydrogens is 180 g/mol. The molecule has 1 unspecified atom stereocenters. The van der Waals surface area contributed by atoms with E-state index < -0.39 is 5.60 Å². The van der Waals surface area contributed by atoms with Crippen LogP contribution in [0.1, 0.15) is 20.8 Å². The quantitative estimate of drug-likeness (QED) is 0.615. The lowest BCUT2D eigenvalue weighted by Gasteiger charge is -2.27. The first-order valence-electron chi connectivity index (χ1n) is 5.10. The summed E-state index contributed by atoms with van der Waals surface area (Å²) in [6.45, 7) is 8.12. The molecule has 0 aliphatic carbocycles. The van der Waals surface area contributed by atoms with Gasteiger partial charge in [0.25, 0.3) is 0 Å². The van der Waals surface area contributed by atoms with Gasteiger partial charge in [-0.25, -0.2) is 0 Å². The topological polar surface area (TPSA) is 58.7 Å². The number of ether oxygens (including phenoxy) is 1. The highest BCUT2D eigenvalue weighted by atomic mass is 16.5. The fourth-order valence-corrected chi connectivity index (χ4v) is 1.17. The fraction of sp³-hybridized carbons (Fsp3) is 1.00. The first kappa shape index (κ1) is 13.8. The molecule has 86 valence electrons. The van der Waals surface area contributed by atoms with Gasteiger partial charge in [0.2, 0.25) is 0 Å². The predicted molar refractivity (Wildman–Crippen MR) is 58.3 cm³/mol. The standard InChI is InChI=1S/C10H24N2O2/c1-9(2)14-6-5-12(4)8-10(3,13)7-11/h9,13H,5-8,11H2,1-4H3. The van der Waals surface area contributed by atoms with Crippen molar-refractivity contribution in [2.45, 2.75) is 32.5 Å². The molecule has 0 fully saturated rings. The van der Waals surface area contributed by atoms with Crippen molar-refractivity contribution in [3.8, 4) is 0 Å². The van der Waals surface area contributed by atoms with Gasteiger partial charge < -0.3 is 20.5 Å². The number of nitrogens with zero attached hydrogens (tertiary/aromatic N) is 1. The monoisotopic (exact) mass is 204 g/mol. The second-order valence-electron chi connectivity index (χ2n) is 4.36. The lowest BCUT2D eigenvalue weighted by molar-refractivity contribution is 0.0165. The van der Waals surface area contributed by atoms with Gasteiger partial charge in [-0.1, -0.05) is 0 Å². The van der Waals surface area contributed by atoms with Gasteiger partial charge in [-0.2, -0.15) is 0 Å². The molecule has 0 aliphatic rings. The van der Waals surface area contributed by atoms with Crippen molar-refractivity contribution in [1.82, 2.24) is 4.90 Å². The molecule has 0 bridgehead atoms. The van der Waals surface area contributed by atoms with Crippen LogP contribution in [0.25, 0.3) is 0 Å². The fourth-order valence-electron chi connectivity index (χ4n) is 1.17. The second-order valence-corrected chi connectivity index (χ2v) is 4.36. The summed E-state index contributed by atoms with van der Waals surface area (Å²) in [5.74, 6) is 0. The van der Waals surface area contributed by atoms with Gasteiger partial charge in [-0.15, -0.1) is 0 Å². The zero-order valence-electron chi connectivity index (χ0n) is 9.79. The smallest absolute Gasteiger partial charge is 0.0867 e. The molecule has 0 spiro atoms. The molecule has 14 heavy (non-hydrogen) atoms. The number of aliphatic hydroxyl groups is 1. The summed E-state index contributed by atoms with van der Waals surface area (Å²) >= 11 is 0. The molecule has 3 N–H and O–H groups in total. The summed E-state index contributed by atoms with van der Waals surface area (Å²) in [7, 11) is 1.95. The molecule has 0 radical (unpaired) electrons. The minimum atomic E-state index is -0.799. The number of nitrogens with two attached hydrogens (primary N) is 1. The molecular formula is C10H24N2O2. The van der Waals surface area contributed by atoms with Crippen LogP contribution in [-0.4, -0.2) is 55.0 Å². The first-order valence-corrected chi connectivity index (χ1v) is 5.10. The highest BCUT2D eigenvalue weighted by Crippen LogP contribution is 2.02. The molecule has 0 aromatic heterocycles. The van der Waals surface area contributed by atoms with E-state index >= 15 is 0 Å². The number of rotatable bonds is 7. The van der Waals surface area contributed by atoms with E-state index in [9.17, 15) is 5.11 Å². The van der Waals surface area contributed by atoms with Crippen LogP contribution in [0.3, 0.4) is 0 Å². The molecule has 0 saturated carbocycles. The maximum absolute atomic E-state index is 9.69. The molecule has 1 atom stereocenters. The van der Waals surface area contributed by atoms with E-state index in [-0.39, 0.29) is 12.6 Å². The molecule has 0 aliphatic heterocycles. The normalized spacial score (nSPS) is 16.3. The van der Waals surface area contributed by atoms with Crippen molar-refractivity contribution in [3.63, 3.8) is 0 Å². The van der Waals surface area contributed by atoms with E-state index in [2.05, 4.69) is 0 Å². The van der Waals surface area contributed by atoms with Crippen LogP contribution in [0.4, 0.5) is 0 Å².